The molecule has 4 aromatic rings. The molecule has 4 atom stereocenters. The number of tetrazole rings is 1. The van der Waals surface area contributed by atoms with E-state index in [0.29, 0.717) is 10.9 Å². The molecule has 11 nitrogen and oxygen atoms in total. The van der Waals surface area contributed by atoms with Crippen molar-refractivity contribution in [2.24, 2.45) is 5.92 Å². The Morgan fingerprint density at radius 3 is 2.33 bits per heavy atom. The lowest BCUT2D eigenvalue weighted by molar-refractivity contribution is -0.268. The number of hydrogen-bond acceptors (Lipinski definition) is 9. The fourth-order valence-electron chi connectivity index (χ4n) is 4.77. The first kappa shape index (κ1) is 30.4. The third kappa shape index (κ3) is 7.85. The van der Waals surface area contributed by atoms with Crippen molar-refractivity contribution in [3.8, 4) is 5.69 Å². The minimum absolute atomic E-state index is 0.00919. The first-order valence-corrected chi connectivity index (χ1v) is 14.9. The van der Waals surface area contributed by atoms with Gasteiger partial charge in [0, 0.05) is 30.2 Å². The number of aromatic nitrogens is 4. The van der Waals surface area contributed by atoms with Crippen molar-refractivity contribution in [1.82, 2.24) is 25.5 Å². The van der Waals surface area contributed by atoms with Gasteiger partial charge >= 0.3 is 5.97 Å². The lowest BCUT2D eigenvalue weighted by Crippen LogP contribution is -2.38. The molecule has 2 heterocycles. The summed E-state index contributed by atoms with van der Waals surface area (Å²) in [6.07, 6.45) is -1.39. The van der Waals surface area contributed by atoms with Crippen LogP contribution in [0.15, 0.2) is 84.0 Å². The van der Waals surface area contributed by atoms with Crippen LogP contribution in [0, 0.1) is 5.92 Å². The maximum absolute atomic E-state index is 11.9. The first-order chi connectivity index (χ1) is 20.9. The van der Waals surface area contributed by atoms with Gasteiger partial charge in [0.05, 0.1) is 30.9 Å². The molecular weight excluding hydrogens is 570 g/mol. The van der Waals surface area contributed by atoms with E-state index in [1.165, 1.54) is 11.8 Å². The molecule has 1 aliphatic rings. The van der Waals surface area contributed by atoms with Crippen molar-refractivity contribution in [2.45, 2.75) is 56.6 Å². The van der Waals surface area contributed by atoms with E-state index in [-0.39, 0.29) is 50.0 Å². The fourth-order valence-corrected chi connectivity index (χ4v) is 5.82. The van der Waals surface area contributed by atoms with Crippen LogP contribution in [0.4, 0.5) is 0 Å². The molecule has 1 aromatic heterocycles. The van der Waals surface area contributed by atoms with E-state index < -0.39 is 12.3 Å². The summed E-state index contributed by atoms with van der Waals surface area (Å²) in [7, 11) is 0. The standard InChI is InChI=1S/C31H33N5O6S/c1-20-26(19-43-31-33-34-35-36(31)25-5-3-2-4-6-25)41-30(42-29(20)23-11-9-22(18-37)10-12-23)24-13-7-21(8-14-24)17-32-27(38)15-16-28(39)40/h2-14,20,26,29-30,37H,15-19H2,1H3,(H,32,38)(H,39,40)/t20-,26+,29+,30+/m0/s1. The van der Waals surface area contributed by atoms with E-state index in [1.807, 2.05) is 78.9 Å². The van der Waals surface area contributed by atoms with Gasteiger partial charge in [-0.25, -0.2) is 0 Å². The Kier molecular flexibility index (Phi) is 10.2. The van der Waals surface area contributed by atoms with Gasteiger partial charge in [0.25, 0.3) is 0 Å². The number of nitrogens with one attached hydrogen (secondary N) is 1. The molecule has 0 radical (unpaired) electrons. The highest BCUT2D eigenvalue weighted by atomic mass is 32.2. The number of amides is 1. The van der Waals surface area contributed by atoms with Crippen LogP contribution in [-0.4, -0.2) is 54.2 Å². The van der Waals surface area contributed by atoms with Crippen molar-refractivity contribution in [3.05, 3.63) is 101 Å². The summed E-state index contributed by atoms with van der Waals surface area (Å²) < 4.78 is 14.8. The number of nitrogens with zero attached hydrogens (tertiary/aromatic N) is 4. The maximum atomic E-state index is 11.9. The number of carboxylic acid groups (broad SMARTS) is 1. The molecule has 224 valence electrons. The maximum Gasteiger partial charge on any atom is 0.303 e. The second-order valence-corrected chi connectivity index (χ2v) is 11.2. The van der Waals surface area contributed by atoms with E-state index in [2.05, 4.69) is 27.8 Å². The Morgan fingerprint density at radius 1 is 0.930 bits per heavy atom. The molecule has 3 aromatic carbocycles. The average molecular weight is 604 g/mol. The van der Waals surface area contributed by atoms with Crippen LogP contribution in [0.2, 0.25) is 0 Å². The van der Waals surface area contributed by atoms with Crippen LogP contribution in [0.3, 0.4) is 0 Å². The number of aliphatic carboxylic acids is 1. The number of carbonyl (C=O) groups excluding carboxylic acids is 1. The van der Waals surface area contributed by atoms with Crippen molar-refractivity contribution in [2.75, 3.05) is 5.75 Å². The van der Waals surface area contributed by atoms with Crippen molar-refractivity contribution >= 4 is 23.6 Å². The number of benzene rings is 3. The first-order valence-electron chi connectivity index (χ1n) is 14.0. The summed E-state index contributed by atoms with van der Waals surface area (Å²) in [6.45, 7) is 2.36. The Hall–Kier alpha value is -4.10. The van der Waals surface area contributed by atoms with Gasteiger partial charge in [-0.05, 0) is 39.2 Å². The summed E-state index contributed by atoms with van der Waals surface area (Å²) >= 11 is 1.51. The summed E-state index contributed by atoms with van der Waals surface area (Å²) in [5, 5.41) is 33.9. The minimum atomic E-state index is -1.00. The van der Waals surface area contributed by atoms with Gasteiger partial charge in [-0.3, -0.25) is 9.59 Å². The summed E-state index contributed by atoms with van der Waals surface area (Å²) in [5.74, 6) is -0.742. The van der Waals surface area contributed by atoms with E-state index in [4.69, 9.17) is 14.6 Å². The second kappa shape index (κ2) is 14.4. The van der Waals surface area contributed by atoms with Gasteiger partial charge in [0.15, 0.2) is 6.29 Å². The molecule has 3 N–H and O–H groups in total. The molecule has 1 amide bonds. The van der Waals surface area contributed by atoms with E-state index in [0.717, 1.165) is 27.9 Å². The normalized spacial score (nSPS) is 20.0. The lowest BCUT2D eigenvalue weighted by atomic mass is 9.91. The van der Waals surface area contributed by atoms with Gasteiger partial charge in [-0.2, -0.15) is 4.68 Å². The topological polar surface area (TPSA) is 149 Å². The molecule has 43 heavy (non-hydrogen) atoms. The number of carboxylic acids is 1. The zero-order valence-electron chi connectivity index (χ0n) is 23.6. The molecule has 0 aliphatic carbocycles. The van der Waals surface area contributed by atoms with E-state index in [9.17, 15) is 14.7 Å². The van der Waals surface area contributed by atoms with Gasteiger partial charge in [0.2, 0.25) is 11.1 Å². The van der Waals surface area contributed by atoms with Crippen molar-refractivity contribution in [1.29, 1.82) is 0 Å². The summed E-state index contributed by atoms with van der Waals surface area (Å²) in [4.78, 5) is 22.6. The Morgan fingerprint density at radius 2 is 1.63 bits per heavy atom. The predicted octanol–water partition coefficient (Wildman–Crippen LogP) is 4.22. The number of thioether (sulfide) groups is 1. The molecule has 0 saturated carbocycles. The Labute approximate surface area is 253 Å². The van der Waals surface area contributed by atoms with Crippen LogP contribution in [0.5, 0.6) is 0 Å². The van der Waals surface area contributed by atoms with Crippen LogP contribution in [0.25, 0.3) is 5.69 Å². The van der Waals surface area contributed by atoms with Gasteiger partial charge in [-0.15, -0.1) is 5.10 Å². The van der Waals surface area contributed by atoms with Crippen LogP contribution >= 0.6 is 11.8 Å². The van der Waals surface area contributed by atoms with Crippen molar-refractivity contribution in [3.63, 3.8) is 0 Å². The number of carbonyl (C=O) groups is 2. The number of para-hydroxylation sites is 1. The van der Waals surface area contributed by atoms with Crippen LogP contribution < -0.4 is 5.32 Å². The van der Waals surface area contributed by atoms with E-state index in [1.54, 1.807) is 4.68 Å². The highest BCUT2D eigenvalue weighted by Crippen LogP contribution is 2.43. The third-order valence-corrected chi connectivity index (χ3v) is 8.26. The number of hydrogen-bond donors (Lipinski definition) is 3. The van der Waals surface area contributed by atoms with Gasteiger partial charge < -0.3 is 25.0 Å². The zero-order chi connectivity index (χ0) is 30.2. The zero-order valence-corrected chi connectivity index (χ0v) is 24.4. The number of rotatable bonds is 12. The molecule has 1 aliphatic heterocycles. The summed E-state index contributed by atoms with van der Waals surface area (Å²) in [6, 6.07) is 25.0. The third-order valence-electron chi connectivity index (χ3n) is 7.25. The Bertz CT molecular complexity index is 1500. The molecule has 1 saturated heterocycles. The van der Waals surface area contributed by atoms with E-state index >= 15 is 0 Å². The quantitative estimate of drug-likeness (QED) is 0.201. The van der Waals surface area contributed by atoms with Crippen LogP contribution in [-0.2, 0) is 32.2 Å². The average Bonchev–Trinajstić information content (AvgIpc) is 3.52. The number of aliphatic hydroxyl groups is 1. The summed E-state index contributed by atoms with van der Waals surface area (Å²) in [5.41, 5.74) is 4.38. The largest absolute Gasteiger partial charge is 0.481 e. The molecule has 12 heteroatoms. The SMILES string of the molecule is C[C@H]1[C@@H](CSc2nnnn2-c2ccccc2)O[C@@H](c2ccc(CNC(=O)CCC(=O)O)cc2)O[C@H]1c1ccc(CO)cc1. The fraction of sp³-hybridized carbons (Fsp3) is 0.323. The number of ether oxygens (including phenoxy) is 2. The van der Waals surface area contributed by atoms with Crippen molar-refractivity contribution < 1.29 is 29.3 Å². The molecule has 0 spiro atoms. The molecule has 0 bridgehead atoms. The van der Waals surface area contributed by atoms with Gasteiger partial charge in [0.1, 0.15) is 0 Å². The number of aliphatic hydroxyl groups excluding tert-OH is 1. The second-order valence-electron chi connectivity index (χ2n) is 10.3. The smallest absolute Gasteiger partial charge is 0.303 e. The molecule has 5 rings (SSSR count). The molecule has 0 unspecified atom stereocenters. The monoisotopic (exact) mass is 603 g/mol. The predicted molar refractivity (Wildman–Crippen MR) is 158 cm³/mol. The minimum Gasteiger partial charge on any atom is -0.481 e. The molecular formula is C31H33N5O6S. The Balaban J connectivity index is 1.31. The van der Waals surface area contributed by atoms with Gasteiger partial charge in [-0.1, -0.05) is 85.4 Å². The highest BCUT2D eigenvalue weighted by molar-refractivity contribution is 7.99. The highest BCUT2D eigenvalue weighted by Gasteiger charge is 2.38. The molecule has 1 fully saturated rings. The van der Waals surface area contributed by atoms with Crippen LogP contribution in [0.1, 0.15) is 54.4 Å². The lowest BCUT2D eigenvalue weighted by Gasteiger charge is -2.41.